The number of carbonyl (C=O) groups excluding carboxylic acids is 12. The van der Waals surface area contributed by atoms with E-state index >= 15 is 33.6 Å². The molecule has 0 saturated carbocycles. The van der Waals surface area contributed by atoms with Gasteiger partial charge in [-0.1, -0.05) is 108 Å². The maximum atomic E-state index is 15.4. The number of rotatable bonds is 29. The van der Waals surface area contributed by atoms with Gasteiger partial charge in [0.2, 0.25) is 59.1 Å². The van der Waals surface area contributed by atoms with Crippen LogP contribution in [0.25, 0.3) is 21.8 Å². The average Bonchev–Trinajstić information content (AvgIpc) is 1.55. The number of aromatic nitrogens is 6. The van der Waals surface area contributed by atoms with Gasteiger partial charge in [-0.15, -0.1) is 0 Å². The van der Waals surface area contributed by atoms with E-state index in [1.54, 1.807) is 55.0 Å². The molecule has 3 aromatic carbocycles. The summed E-state index contributed by atoms with van der Waals surface area (Å²) < 4.78 is 0. The molecule has 5 heterocycles. The van der Waals surface area contributed by atoms with Crippen LogP contribution in [0.5, 0.6) is 0 Å². The lowest BCUT2D eigenvalue weighted by Crippen LogP contribution is -2.61. The number of imidazole rings is 2. The minimum absolute atomic E-state index is 0.00463. The van der Waals surface area contributed by atoms with Gasteiger partial charge in [-0.2, -0.15) is 0 Å². The number of hydrogen-bond acceptors (Lipinski definition) is 19. The van der Waals surface area contributed by atoms with Gasteiger partial charge < -0.3 is 95.6 Å². The van der Waals surface area contributed by atoms with E-state index in [4.69, 9.17) is 17.2 Å². The molecule has 33 nitrogen and oxygen atoms in total. The highest BCUT2D eigenvalue weighted by Gasteiger charge is 2.39. The molecular weight excluding hydrogens is 1480 g/mol. The molecule has 21 N–H and O–H groups in total. The van der Waals surface area contributed by atoms with E-state index in [-0.39, 0.29) is 90.4 Å². The Morgan fingerprint density at radius 2 is 0.804 bits per heavy atom. The summed E-state index contributed by atoms with van der Waals surface area (Å²) in [6.07, 6.45) is 14.0. The van der Waals surface area contributed by atoms with Crippen LogP contribution in [0.2, 0.25) is 0 Å². The fourth-order valence-corrected chi connectivity index (χ4v) is 14.5. The molecule has 0 radical (unpaired) electrons. The molecule has 1 aliphatic heterocycles. The van der Waals surface area contributed by atoms with Crippen molar-refractivity contribution in [1.29, 1.82) is 0 Å². The molecule has 1 saturated heterocycles. The smallest absolute Gasteiger partial charge is 0.324 e. The van der Waals surface area contributed by atoms with Crippen molar-refractivity contribution in [2.24, 2.45) is 17.2 Å². The third-order valence-corrected chi connectivity index (χ3v) is 21.1. The number of urea groups is 1. The SMILES string of the molecule is CCCCCN1C(=O)N[C@@H](Cc2c[nH]cn2)C(=O)N[C@H](Cc2ccccc2)C(=O)N[C@@H](Cc2c[nH]cn2)C(=O)N[C@@H](CCc2c[nH]c3ccccc23)C(=O)N[C@@H](C)C(=O)N[C@@H](C)C(=O)N[C@@H](CCCCN)C(=O)N[C@@H](CCCCN)C(=O)N[C@@H](CCCCN)C(=O)N[C@@H](Cc2c[nH]c3ccccc23)C(=O)NC(SSC)C1=O. The van der Waals surface area contributed by atoms with Gasteiger partial charge in [-0.25, -0.2) is 14.8 Å². The number of fused-ring (bicyclic) bond motifs is 2. The standard InChI is InChI=1S/C77H107N21O12S2/c1-5-6-20-35-98-76(109)75(112-111-4)97-74(108)62(37-50-41-84-56-26-13-11-24-54(50)56)94-70(104)59(29-16-19-34-80)91-69(103)58(28-15-18-33-79)90-68(102)57(27-14-17-32-78)89-66(100)47(3)87-65(99)46(2)88-67(101)60(31-30-49-40-83-55-25-12-10-23-53(49)55)92-72(106)63(38-51-42-81-44-85-51)95-71(105)61(36-48-21-8-7-9-22-48)93-73(107)64(96-77(98)110)39-52-43-82-45-86-52/h7-13,21-26,40-47,57-64,75,83-84H,5-6,14-20,27-39,78-80H2,1-4H3,(H,81,85)(H,82,86)(H,87,99)(H,88,101)(H,89,100)(H,90,102)(H,91,103)(H,92,106)(H,93,107)(H,94,104)(H,95,105)(H,96,110)(H,97,108)/t46-,47-,57-,58-,59-,60-,61+,62-,63-,64-,75?/m0/s1. The minimum atomic E-state index is -1.57. The zero-order chi connectivity index (χ0) is 80.5. The summed E-state index contributed by atoms with van der Waals surface area (Å²) in [4.78, 5) is 201. The highest BCUT2D eigenvalue weighted by atomic mass is 33.1. The summed E-state index contributed by atoms with van der Waals surface area (Å²) in [5.74, 6) is -9.29. The highest BCUT2D eigenvalue weighted by Crippen LogP contribution is 2.26. The van der Waals surface area contributed by atoms with Crippen LogP contribution in [0, 0.1) is 0 Å². The first-order valence-electron chi connectivity index (χ1n) is 38.2. The quantitative estimate of drug-likeness (QED) is 0.0236. The molecule has 0 spiro atoms. The summed E-state index contributed by atoms with van der Waals surface area (Å²) in [6, 6.07) is 8.19. The van der Waals surface area contributed by atoms with E-state index in [0.29, 0.717) is 84.8 Å². The molecule has 7 aromatic rings. The second-order valence-corrected chi connectivity index (χ2v) is 30.3. The molecule has 1 aliphatic rings. The lowest BCUT2D eigenvalue weighted by Gasteiger charge is -2.30. The number of nitrogens with zero attached hydrogens (tertiary/aromatic N) is 3. The van der Waals surface area contributed by atoms with Crippen LogP contribution in [0.4, 0.5) is 4.79 Å². The molecule has 0 bridgehead atoms. The number of nitrogens with two attached hydrogens (primary N) is 3. The normalized spacial score (nSPS) is 22.6. The van der Waals surface area contributed by atoms with Crippen molar-refractivity contribution in [2.75, 3.05) is 32.4 Å². The lowest BCUT2D eigenvalue weighted by atomic mass is 10.0. The number of nitrogens with one attached hydrogen (secondary N) is 15. The van der Waals surface area contributed by atoms with Crippen molar-refractivity contribution in [3.05, 3.63) is 144 Å². The predicted molar refractivity (Wildman–Crippen MR) is 427 cm³/mol. The van der Waals surface area contributed by atoms with Crippen molar-refractivity contribution < 1.29 is 57.5 Å². The largest absolute Gasteiger partial charge is 0.361 e. The molecule has 604 valence electrons. The molecule has 112 heavy (non-hydrogen) atoms. The first-order valence-corrected chi connectivity index (χ1v) is 40.8. The van der Waals surface area contributed by atoms with E-state index < -0.39 is 137 Å². The molecular formula is C77H107N21O12S2. The van der Waals surface area contributed by atoms with Crippen molar-refractivity contribution in [3.8, 4) is 0 Å². The van der Waals surface area contributed by atoms with E-state index in [0.717, 1.165) is 43.0 Å². The van der Waals surface area contributed by atoms with Gasteiger partial charge in [0, 0.05) is 78.8 Å². The zero-order valence-corrected chi connectivity index (χ0v) is 65.3. The minimum Gasteiger partial charge on any atom is -0.361 e. The van der Waals surface area contributed by atoms with Crippen molar-refractivity contribution in [2.45, 2.75) is 202 Å². The van der Waals surface area contributed by atoms with Crippen LogP contribution in [-0.2, 0) is 84.8 Å². The number of para-hydroxylation sites is 2. The summed E-state index contributed by atoms with van der Waals surface area (Å²) in [5.41, 5.74) is 21.9. The molecule has 0 aliphatic carbocycles. The first-order chi connectivity index (χ1) is 54.1. The second-order valence-electron chi connectivity index (χ2n) is 27.8. The number of benzene rings is 3. The lowest BCUT2D eigenvalue weighted by molar-refractivity contribution is -0.136. The number of aryl methyl sites for hydroxylation is 1. The highest BCUT2D eigenvalue weighted by molar-refractivity contribution is 8.76. The van der Waals surface area contributed by atoms with Gasteiger partial charge in [0.25, 0.3) is 5.91 Å². The third kappa shape index (κ3) is 26.3. The van der Waals surface area contributed by atoms with E-state index in [2.05, 4.69) is 88.4 Å². The number of H-pyrrole nitrogens is 4. The van der Waals surface area contributed by atoms with E-state index in [1.165, 1.54) is 38.9 Å². The Bertz CT molecular complexity index is 4240. The van der Waals surface area contributed by atoms with Crippen LogP contribution >= 0.6 is 21.6 Å². The Kier molecular flexibility index (Phi) is 35.0. The maximum Gasteiger partial charge on any atom is 0.324 e. The fourth-order valence-electron chi connectivity index (χ4n) is 13.0. The number of unbranched alkanes of at least 4 members (excludes halogenated alkanes) is 5. The topological polar surface area (TPSA) is 507 Å². The predicted octanol–water partition coefficient (Wildman–Crippen LogP) is 2.35. The molecule has 1 unspecified atom stereocenters. The van der Waals surface area contributed by atoms with Gasteiger partial charge in [-0.3, -0.25) is 57.6 Å². The summed E-state index contributed by atoms with van der Waals surface area (Å²) >= 11 is 0. The van der Waals surface area contributed by atoms with Crippen molar-refractivity contribution in [3.63, 3.8) is 0 Å². The third-order valence-electron chi connectivity index (χ3n) is 19.3. The Balaban J connectivity index is 1.20. The Labute approximate surface area is 658 Å². The Morgan fingerprint density at radius 1 is 0.402 bits per heavy atom. The molecule has 11 atom stereocenters. The Morgan fingerprint density at radius 3 is 1.29 bits per heavy atom. The summed E-state index contributed by atoms with van der Waals surface area (Å²) in [5, 5.41) is 30.6. The van der Waals surface area contributed by atoms with Crippen LogP contribution in [-0.4, -0.2) is 204 Å². The Hall–Kier alpha value is -10.6. The molecule has 8 rings (SSSR count). The number of imide groups is 1. The van der Waals surface area contributed by atoms with Crippen LogP contribution in [0.1, 0.15) is 132 Å². The number of amides is 13. The van der Waals surface area contributed by atoms with Gasteiger partial charge in [0.1, 0.15) is 60.4 Å². The van der Waals surface area contributed by atoms with Gasteiger partial charge in [0.05, 0.1) is 24.0 Å². The molecule has 4 aromatic heterocycles. The summed E-state index contributed by atoms with van der Waals surface area (Å²) in [7, 11) is 2.00. The summed E-state index contributed by atoms with van der Waals surface area (Å²) in [6.45, 7) is 5.17. The van der Waals surface area contributed by atoms with Gasteiger partial charge in [0.15, 0.2) is 5.37 Å². The molecule has 13 amide bonds. The van der Waals surface area contributed by atoms with Crippen molar-refractivity contribution in [1.82, 2.24) is 93.3 Å². The zero-order valence-electron chi connectivity index (χ0n) is 63.7. The van der Waals surface area contributed by atoms with Crippen LogP contribution < -0.4 is 75.7 Å². The number of hydrogen-bond donors (Lipinski definition) is 18. The number of aromatic amines is 4. The monoisotopic (exact) mass is 1580 g/mol. The fraction of sp³-hybridized carbons (Fsp3) is 0.481. The van der Waals surface area contributed by atoms with Gasteiger partial charge >= 0.3 is 6.03 Å². The molecule has 1 fully saturated rings. The maximum absolute atomic E-state index is 15.4. The van der Waals surface area contributed by atoms with Gasteiger partial charge in [-0.05, 0) is 146 Å². The van der Waals surface area contributed by atoms with Crippen LogP contribution in [0.15, 0.2) is 116 Å². The molecule has 35 heteroatoms. The van der Waals surface area contributed by atoms with Crippen molar-refractivity contribution >= 4 is 114 Å². The van der Waals surface area contributed by atoms with Crippen LogP contribution in [0.3, 0.4) is 0 Å². The second kappa shape index (κ2) is 45.0. The number of carbonyl (C=O) groups is 12. The average molecular weight is 1580 g/mol. The first kappa shape index (κ1) is 87.0. The van der Waals surface area contributed by atoms with E-state index in [1.807, 2.05) is 49.4 Å². The van der Waals surface area contributed by atoms with E-state index in [9.17, 15) is 24.0 Å².